The molecule has 3 aromatic rings. The Kier molecular flexibility index (Phi) is 6.49. The lowest BCUT2D eigenvalue weighted by Gasteiger charge is -2.11. The maximum absolute atomic E-state index is 5.55. The van der Waals surface area contributed by atoms with Crippen molar-refractivity contribution < 1.29 is 4.74 Å². The quantitative estimate of drug-likeness (QED) is 0.334. The van der Waals surface area contributed by atoms with E-state index < -0.39 is 0 Å². The minimum absolute atomic E-state index is 0. The molecular formula is C19H23IN6O. The number of aromatic nitrogens is 3. The molecule has 4 rings (SSSR count). The highest BCUT2D eigenvalue weighted by atomic mass is 127. The number of ether oxygens (including phenoxy) is 1. The normalized spacial score (nSPS) is 13.0. The molecule has 1 aliphatic heterocycles. The van der Waals surface area contributed by atoms with Gasteiger partial charge in [0.1, 0.15) is 5.75 Å². The smallest absolute Gasteiger partial charge is 0.191 e. The van der Waals surface area contributed by atoms with Gasteiger partial charge >= 0.3 is 0 Å². The van der Waals surface area contributed by atoms with Crippen LogP contribution in [0, 0.1) is 0 Å². The van der Waals surface area contributed by atoms with Crippen molar-refractivity contribution in [1.82, 2.24) is 25.2 Å². The van der Waals surface area contributed by atoms with E-state index in [4.69, 9.17) is 4.74 Å². The molecule has 0 saturated heterocycles. The topological polar surface area (TPSA) is 75.8 Å². The van der Waals surface area contributed by atoms with Crippen molar-refractivity contribution in [1.29, 1.82) is 0 Å². The summed E-state index contributed by atoms with van der Waals surface area (Å²) < 4.78 is 7.52. The largest absolute Gasteiger partial charge is 0.493 e. The van der Waals surface area contributed by atoms with Crippen molar-refractivity contribution in [3.05, 3.63) is 59.5 Å². The molecule has 8 heteroatoms. The van der Waals surface area contributed by atoms with Gasteiger partial charge in [-0.3, -0.25) is 9.39 Å². The molecule has 3 heterocycles. The summed E-state index contributed by atoms with van der Waals surface area (Å²) in [6.07, 6.45) is 3.90. The van der Waals surface area contributed by atoms with Crippen LogP contribution >= 0.6 is 24.0 Å². The van der Waals surface area contributed by atoms with E-state index in [0.29, 0.717) is 6.54 Å². The SMILES string of the molecule is CN=C(NCCc1ccc2c(c1)CCO2)NCc1nnc2ccccn12.I. The molecule has 0 radical (unpaired) electrons. The molecule has 0 atom stereocenters. The first-order chi connectivity index (χ1) is 12.8. The summed E-state index contributed by atoms with van der Waals surface area (Å²) in [4.78, 5) is 4.27. The minimum atomic E-state index is 0. The van der Waals surface area contributed by atoms with Crippen LogP contribution in [0.1, 0.15) is 17.0 Å². The number of guanidine groups is 1. The average molecular weight is 478 g/mol. The molecule has 0 amide bonds. The Hall–Kier alpha value is -2.36. The highest BCUT2D eigenvalue weighted by Crippen LogP contribution is 2.25. The van der Waals surface area contributed by atoms with Crippen LogP contribution in [0.2, 0.25) is 0 Å². The molecule has 2 N–H and O–H groups in total. The van der Waals surface area contributed by atoms with E-state index in [9.17, 15) is 0 Å². The second-order valence-electron chi connectivity index (χ2n) is 6.19. The number of fused-ring (bicyclic) bond motifs is 2. The fourth-order valence-corrected chi connectivity index (χ4v) is 3.12. The number of nitrogens with zero attached hydrogens (tertiary/aromatic N) is 4. The van der Waals surface area contributed by atoms with E-state index in [-0.39, 0.29) is 24.0 Å². The summed E-state index contributed by atoms with van der Waals surface area (Å²) in [5.41, 5.74) is 3.46. The first-order valence-corrected chi connectivity index (χ1v) is 8.81. The van der Waals surface area contributed by atoms with Crippen LogP contribution in [0.25, 0.3) is 5.65 Å². The van der Waals surface area contributed by atoms with Gasteiger partial charge in [0.05, 0.1) is 13.2 Å². The number of nitrogens with one attached hydrogen (secondary N) is 2. The molecule has 0 aliphatic carbocycles. The Labute approximate surface area is 175 Å². The zero-order valence-electron chi connectivity index (χ0n) is 15.2. The van der Waals surface area contributed by atoms with Crippen molar-refractivity contribution in [2.75, 3.05) is 20.2 Å². The van der Waals surface area contributed by atoms with Crippen molar-refractivity contribution in [2.45, 2.75) is 19.4 Å². The van der Waals surface area contributed by atoms with Crippen LogP contribution < -0.4 is 15.4 Å². The second kappa shape index (κ2) is 9.03. The lowest BCUT2D eigenvalue weighted by Crippen LogP contribution is -2.38. The molecular weight excluding hydrogens is 455 g/mol. The van der Waals surface area contributed by atoms with Gasteiger partial charge in [0.25, 0.3) is 0 Å². The number of hydrogen-bond acceptors (Lipinski definition) is 4. The molecule has 0 spiro atoms. The molecule has 142 valence electrons. The second-order valence-corrected chi connectivity index (χ2v) is 6.19. The maximum atomic E-state index is 5.55. The fourth-order valence-electron chi connectivity index (χ4n) is 3.12. The number of pyridine rings is 1. The number of benzene rings is 1. The lowest BCUT2D eigenvalue weighted by molar-refractivity contribution is 0.357. The predicted octanol–water partition coefficient (Wildman–Crippen LogP) is 2.19. The van der Waals surface area contributed by atoms with E-state index in [1.54, 1.807) is 7.05 Å². The Morgan fingerprint density at radius 1 is 1.22 bits per heavy atom. The van der Waals surface area contributed by atoms with Crippen molar-refractivity contribution >= 4 is 35.6 Å². The van der Waals surface area contributed by atoms with Gasteiger partial charge in [-0.2, -0.15) is 0 Å². The average Bonchev–Trinajstić information content (AvgIpc) is 3.31. The number of rotatable bonds is 5. The van der Waals surface area contributed by atoms with Gasteiger partial charge in [-0.15, -0.1) is 34.2 Å². The highest BCUT2D eigenvalue weighted by Gasteiger charge is 2.12. The highest BCUT2D eigenvalue weighted by molar-refractivity contribution is 14.0. The molecule has 0 bridgehead atoms. The third kappa shape index (κ3) is 4.49. The van der Waals surface area contributed by atoms with E-state index in [1.165, 1.54) is 11.1 Å². The van der Waals surface area contributed by atoms with Crippen LogP contribution in [-0.2, 0) is 19.4 Å². The Bertz CT molecular complexity index is 939. The Morgan fingerprint density at radius 2 is 2.15 bits per heavy atom. The van der Waals surface area contributed by atoms with Crippen LogP contribution in [0.4, 0.5) is 0 Å². The van der Waals surface area contributed by atoms with Gasteiger partial charge in [-0.05, 0) is 35.7 Å². The third-order valence-electron chi connectivity index (χ3n) is 4.48. The Morgan fingerprint density at radius 3 is 3.04 bits per heavy atom. The molecule has 0 unspecified atom stereocenters. The van der Waals surface area contributed by atoms with Gasteiger partial charge < -0.3 is 15.4 Å². The molecule has 1 aromatic carbocycles. The van der Waals surface area contributed by atoms with Gasteiger partial charge in [0.2, 0.25) is 0 Å². The summed E-state index contributed by atoms with van der Waals surface area (Å²) in [5, 5.41) is 15.0. The zero-order valence-corrected chi connectivity index (χ0v) is 17.5. The van der Waals surface area contributed by atoms with Gasteiger partial charge in [-0.25, -0.2) is 0 Å². The Balaban J connectivity index is 0.00000210. The van der Waals surface area contributed by atoms with Crippen molar-refractivity contribution in [3.63, 3.8) is 0 Å². The fraction of sp³-hybridized carbons (Fsp3) is 0.316. The van der Waals surface area contributed by atoms with Crippen LogP contribution in [0.5, 0.6) is 5.75 Å². The van der Waals surface area contributed by atoms with Crippen molar-refractivity contribution in [2.24, 2.45) is 4.99 Å². The summed E-state index contributed by atoms with van der Waals surface area (Å²) in [7, 11) is 1.77. The number of hydrogen-bond donors (Lipinski definition) is 2. The first-order valence-electron chi connectivity index (χ1n) is 8.81. The summed E-state index contributed by atoms with van der Waals surface area (Å²) in [6.45, 7) is 2.16. The van der Waals surface area contributed by atoms with Gasteiger partial charge in [0, 0.05) is 26.2 Å². The van der Waals surface area contributed by atoms with Crippen LogP contribution in [0.15, 0.2) is 47.6 Å². The van der Waals surface area contributed by atoms with Gasteiger partial charge in [-0.1, -0.05) is 18.2 Å². The van der Waals surface area contributed by atoms with Gasteiger partial charge in [0.15, 0.2) is 17.4 Å². The van der Waals surface area contributed by atoms with E-state index in [2.05, 4.69) is 44.0 Å². The predicted molar refractivity (Wildman–Crippen MR) is 116 cm³/mol. The molecule has 0 saturated carbocycles. The molecule has 0 fully saturated rings. The van der Waals surface area contributed by atoms with E-state index in [1.807, 2.05) is 28.8 Å². The standard InChI is InChI=1S/C19H22N6O.HI/c1-20-19(22-13-18-24-23-17-4-2-3-10-25(17)18)21-9-7-14-5-6-16-15(12-14)8-11-26-16;/h2-6,10,12H,7-9,11,13H2,1H3,(H2,20,21,22);1H. The van der Waals surface area contributed by atoms with E-state index in [0.717, 1.165) is 49.2 Å². The van der Waals surface area contributed by atoms with Crippen LogP contribution in [0.3, 0.4) is 0 Å². The summed E-state index contributed by atoms with van der Waals surface area (Å²) in [5.74, 6) is 2.63. The monoisotopic (exact) mass is 478 g/mol. The third-order valence-corrected chi connectivity index (χ3v) is 4.48. The number of halogens is 1. The van der Waals surface area contributed by atoms with Crippen molar-refractivity contribution in [3.8, 4) is 5.75 Å². The summed E-state index contributed by atoms with van der Waals surface area (Å²) >= 11 is 0. The van der Waals surface area contributed by atoms with E-state index >= 15 is 0 Å². The zero-order chi connectivity index (χ0) is 17.8. The maximum Gasteiger partial charge on any atom is 0.191 e. The number of aliphatic imine (C=N–C) groups is 1. The molecule has 2 aromatic heterocycles. The minimum Gasteiger partial charge on any atom is -0.493 e. The first kappa shape index (κ1) is 19.4. The molecule has 27 heavy (non-hydrogen) atoms. The lowest BCUT2D eigenvalue weighted by atomic mass is 10.1. The van der Waals surface area contributed by atoms with Crippen LogP contribution in [-0.4, -0.2) is 40.8 Å². The summed E-state index contributed by atoms with van der Waals surface area (Å²) in [6, 6.07) is 12.3. The molecule has 1 aliphatic rings. The molecule has 7 nitrogen and oxygen atoms in total.